The molecule has 0 amide bonds. The Morgan fingerprint density at radius 3 is 2.75 bits per heavy atom. The molecule has 0 N–H and O–H groups in total. The topological polar surface area (TPSA) is 22.3 Å². The van der Waals surface area contributed by atoms with Crippen molar-refractivity contribution in [2.24, 2.45) is 0 Å². The molecule has 0 unspecified atom stereocenters. The number of benzene rings is 1. The van der Waals surface area contributed by atoms with Crippen molar-refractivity contribution < 1.29 is 0 Å². The number of halogens is 1. The van der Waals surface area contributed by atoms with E-state index in [9.17, 15) is 0 Å². The van der Waals surface area contributed by atoms with Gasteiger partial charge in [0.25, 0.3) is 0 Å². The van der Waals surface area contributed by atoms with Crippen molar-refractivity contribution in [3.63, 3.8) is 0 Å². The van der Waals surface area contributed by atoms with Crippen molar-refractivity contribution in [1.82, 2.24) is 5.73 Å². The number of unbranched alkanes of at least 4 members (excludes halogenated alkanes) is 1. The van der Waals surface area contributed by atoms with Gasteiger partial charge in [0.05, 0.1) is 0 Å². The SMILES string of the molecule is [N]CCCCc1cccc(Cl)c1. The Kier molecular flexibility index (Phi) is 4.12. The van der Waals surface area contributed by atoms with Gasteiger partial charge in [-0.1, -0.05) is 23.7 Å². The maximum Gasteiger partial charge on any atom is 0.0408 e. The van der Waals surface area contributed by atoms with Gasteiger partial charge in [-0.05, 0) is 37.0 Å². The average Bonchev–Trinajstić information content (AvgIpc) is 2.05. The third-order valence-electron chi connectivity index (χ3n) is 1.76. The van der Waals surface area contributed by atoms with Crippen LogP contribution in [0.2, 0.25) is 5.02 Å². The van der Waals surface area contributed by atoms with Crippen LogP contribution >= 0.6 is 11.6 Å². The van der Waals surface area contributed by atoms with Crippen LogP contribution in [-0.4, -0.2) is 6.54 Å². The Hall–Kier alpha value is -0.530. The standard InChI is InChI=1S/C10H12ClN/c11-10-6-3-5-9(8-10)4-1-2-7-12/h3,5-6,8H,1-2,4,7H2. The third kappa shape index (κ3) is 3.24. The van der Waals surface area contributed by atoms with Crippen LogP contribution in [0.15, 0.2) is 24.3 Å². The van der Waals surface area contributed by atoms with Gasteiger partial charge in [0.15, 0.2) is 0 Å². The van der Waals surface area contributed by atoms with E-state index in [1.807, 2.05) is 18.2 Å². The summed E-state index contributed by atoms with van der Waals surface area (Å²) in [5.74, 6) is 0. The zero-order chi connectivity index (χ0) is 8.81. The number of hydrogen-bond acceptors (Lipinski definition) is 0. The number of nitrogens with zero attached hydrogens (tertiary/aromatic N) is 1. The summed E-state index contributed by atoms with van der Waals surface area (Å²) in [6.45, 7) is 0.278. The van der Waals surface area contributed by atoms with Gasteiger partial charge < -0.3 is 0 Å². The van der Waals surface area contributed by atoms with Crippen LogP contribution in [-0.2, 0) is 6.42 Å². The van der Waals surface area contributed by atoms with E-state index >= 15 is 0 Å². The Balaban J connectivity index is 2.41. The fourth-order valence-corrected chi connectivity index (χ4v) is 1.35. The lowest BCUT2D eigenvalue weighted by Crippen LogP contribution is -1.89. The first-order valence-corrected chi connectivity index (χ1v) is 4.56. The molecule has 0 saturated heterocycles. The number of hydrogen-bond donors (Lipinski definition) is 0. The molecular formula is C10H12ClN. The maximum atomic E-state index is 8.57. The highest BCUT2D eigenvalue weighted by atomic mass is 35.5. The summed E-state index contributed by atoms with van der Waals surface area (Å²) in [5, 5.41) is 0.788. The molecule has 0 spiro atoms. The molecule has 0 aliphatic rings. The van der Waals surface area contributed by atoms with E-state index in [0.29, 0.717) is 0 Å². The van der Waals surface area contributed by atoms with Gasteiger partial charge in [-0.15, -0.1) is 5.73 Å². The molecule has 0 bridgehead atoms. The van der Waals surface area contributed by atoms with Crippen LogP contribution in [0.3, 0.4) is 0 Å². The van der Waals surface area contributed by atoms with E-state index in [2.05, 4.69) is 6.07 Å². The molecule has 0 aliphatic heterocycles. The molecule has 1 rings (SSSR count). The lowest BCUT2D eigenvalue weighted by atomic mass is 10.1. The third-order valence-corrected chi connectivity index (χ3v) is 2.00. The largest absolute Gasteiger partial charge is 0.145 e. The smallest absolute Gasteiger partial charge is 0.0408 e. The first kappa shape index (κ1) is 9.56. The minimum absolute atomic E-state index is 0.278. The highest BCUT2D eigenvalue weighted by Gasteiger charge is 1.93. The Morgan fingerprint density at radius 2 is 2.08 bits per heavy atom. The van der Waals surface area contributed by atoms with Gasteiger partial charge in [0.1, 0.15) is 0 Å². The Labute approximate surface area is 78.5 Å². The molecule has 0 fully saturated rings. The molecule has 0 aliphatic carbocycles. The number of rotatable bonds is 4. The Morgan fingerprint density at radius 1 is 1.25 bits per heavy atom. The van der Waals surface area contributed by atoms with Crippen molar-refractivity contribution in [3.8, 4) is 0 Å². The van der Waals surface area contributed by atoms with E-state index in [0.717, 1.165) is 24.3 Å². The monoisotopic (exact) mass is 181 g/mol. The molecule has 2 radical (unpaired) electrons. The molecule has 1 aromatic carbocycles. The van der Waals surface area contributed by atoms with Crippen LogP contribution in [0.4, 0.5) is 0 Å². The summed E-state index contributed by atoms with van der Waals surface area (Å²) < 4.78 is 0. The summed E-state index contributed by atoms with van der Waals surface area (Å²) in [6, 6.07) is 7.86. The molecule has 0 atom stereocenters. The second-order valence-electron chi connectivity index (χ2n) is 2.81. The van der Waals surface area contributed by atoms with Gasteiger partial charge in [-0.2, -0.15) is 0 Å². The van der Waals surface area contributed by atoms with Crippen molar-refractivity contribution in [1.29, 1.82) is 0 Å². The normalized spacial score (nSPS) is 10.2. The minimum atomic E-state index is 0.278. The second kappa shape index (κ2) is 5.18. The first-order valence-electron chi connectivity index (χ1n) is 4.18. The molecular weight excluding hydrogens is 170 g/mol. The summed E-state index contributed by atoms with van der Waals surface area (Å²) in [5.41, 5.74) is 9.82. The van der Waals surface area contributed by atoms with Crippen LogP contribution < -0.4 is 5.73 Å². The lowest BCUT2D eigenvalue weighted by Gasteiger charge is -1.99. The second-order valence-corrected chi connectivity index (χ2v) is 3.25. The molecule has 0 saturated carbocycles. The summed E-state index contributed by atoms with van der Waals surface area (Å²) in [4.78, 5) is 0. The van der Waals surface area contributed by atoms with Crippen LogP contribution in [0.5, 0.6) is 0 Å². The van der Waals surface area contributed by atoms with Gasteiger partial charge in [-0.25, -0.2) is 0 Å². The molecule has 1 nitrogen and oxygen atoms in total. The zero-order valence-corrected chi connectivity index (χ0v) is 7.72. The van der Waals surface area contributed by atoms with E-state index in [-0.39, 0.29) is 6.54 Å². The van der Waals surface area contributed by atoms with Crippen LogP contribution in [0.1, 0.15) is 18.4 Å². The van der Waals surface area contributed by atoms with Crippen LogP contribution in [0, 0.1) is 0 Å². The van der Waals surface area contributed by atoms with E-state index < -0.39 is 0 Å². The number of aryl methyl sites for hydroxylation is 1. The van der Waals surface area contributed by atoms with Crippen molar-refractivity contribution in [2.45, 2.75) is 19.3 Å². The maximum absolute atomic E-state index is 8.57. The van der Waals surface area contributed by atoms with Crippen molar-refractivity contribution in [2.75, 3.05) is 6.54 Å². The molecule has 12 heavy (non-hydrogen) atoms. The molecule has 2 heteroatoms. The zero-order valence-electron chi connectivity index (χ0n) is 6.96. The highest BCUT2D eigenvalue weighted by molar-refractivity contribution is 6.30. The average molecular weight is 182 g/mol. The van der Waals surface area contributed by atoms with Crippen molar-refractivity contribution >= 4 is 11.6 Å². The van der Waals surface area contributed by atoms with Gasteiger partial charge in [-0.3, -0.25) is 0 Å². The van der Waals surface area contributed by atoms with Gasteiger partial charge in [0.2, 0.25) is 0 Å². The fraction of sp³-hybridized carbons (Fsp3) is 0.400. The summed E-state index contributed by atoms with van der Waals surface area (Å²) >= 11 is 5.81. The highest BCUT2D eigenvalue weighted by Crippen LogP contribution is 2.12. The van der Waals surface area contributed by atoms with Crippen LogP contribution in [0.25, 0.3) is 0 Å². The summed E-state index contributed by atoms with van der Waals surface area (Å²) in [7, 11) is 0. The molecule has 0 aromatic heterocycles. The minimum Gasteiger partial charge on any atom is -0.145 e. The summed E-state index contributed by atoms with van der Waals surface area (Å²) in [6.07, 6.45) is 2.89. The quantitative estimate of drug-likeness (QED) is 0.638. The Bertz CT molecular complexity index is 235. The van der Waals surface area contributed by atoms with Crippen molar-refractivity contribution in [3.05, 3.63) is 34.9 Å². The predicted molar refractivity (Wildman–Crippen MR) is 51.4 cm³/mol. The molecule has 0 heterocycles. The fourth-order valence-electron chi connectivity index (χ4n) is 1.13. The van der Waals surface area contributed by atoms with Gasteiger partial charge >= 0.3 is 0 Å². The van der Waals surface area contributed by atoms with E-state index in [1.54, 1.807) is 0 Å². The van der Waals surface area contributed by atoms with E-state index in [1.165, 1.54) is 5.56 Å². The van der Waals surface area contributed by atoms with E-state index in [4.69, 9.17) is 17.3 Å². The van der Waals surface area contributed by atoms with Gasteiger partial charge in [0, 0.05) is 11.6 Å². The first-order chi connectivity index (χ1) is 5.83. The predicted octanol–water partition coefficient (Wildman–Crippen LogP) is 2.73. The molecule has 64 valence electrons. The lowest BCUT2D eigenvalue weighted by molar-refractivity contribution is 0.735. The molecule has 1 aromatic rings.